The molecule has 0 bridgehead atoms. The normalized spacial score (nSPS) is 10.9. The summed E-state index contributed by atoms with van der Waals surface area (Å²) in [6.45, 7) is 0.254. The van der Waals surface area contributed by atoms with Gasteiger partial charge in [-0.1, -0.05) is 6.07 Å². The first-order valence-electron chi connectivity index (χ1n) is 6.48. The molecule has 0 amide bonds. The van der Waals surface area contributed by atoms with Gasteiger partial charge in [-0.25, -0.2) is 17.9 Å². The second-order valence-electron chi connectivity index (χ2n) is 4.69. The molecule has 0 atom stereocenters. The molecule has 8 heteroatoms. The maximum Gasteiger partial charge on any atom is 0.238 e. The number of methoxy groups -OCH3 is 1. The number of nitrogens with one attached hydrogen (secondary N) is 1. The highest BCUT2D eigenvalue weighted by molar-refractivity contribution is 7.89. The van der Waals surface area contributed by atoms with E-state index in [0.717, 1.165) is 0 Å². The molecule has 2 aromatic carbocycles. The monoisotopic (exact) mass is 335 g/mol. The molecule has 3 N–H and O–H groups in total. The molecule has 0 aliphatic rings. The SMILES string of the molecule is COc1ccc(CNc2ccc(S(N)(=O)=O)cc2C#N)cc1F. The quantitative estimate of drug-likeness (QED) is 0.869. The van der Waals surface area contributed by atoms with Gasteiger partial charge in [0.1, 0.15) is 6.07 Å². The fraction of sp³-hybridized carbons (Fsp3) is 0.133. The predicted molar refractivity (Wildman–Crippen MR) is 82.8 cm³/mol. The number of hydrogen-bond acceptors (Lipinski definition) is 5. The number of anilines is 1. The number of ether oxygens (including phenoxy) is 1. The van der Waals surface area contributed by atoms with Crippen molar-refractivity contribution in [2.75, 3.05) is 12.4 Å². The second kappa shape index (κ2) is 6.64. The van der Waals surface area contributed by atoms with Crippen molar-refractivity contribution in [2.24, 2.45) is 5.14 Å². The molecule has 0 aliphatic carbocycles. The third kappa shape index (κ3) is 3.97. The lowest BCUT2D eigenvalue weighted by Gasteiger charge is -2.10. The maximum absolute atomic E-state index is 13.6. The zero-order valence-corrected chi connectivity index (χ0v) is 13.0. The highest BCUT2D eigenvalue weighted by Crippen LogP contribution is 2.21. The molecule has 0 heterocycles. The number of nitriles is 1. The molecule has 0 aromatic heterocycles. The van der Waals surface area contributed by atoms with Gasteiger partial charge < -0.3 is 10.1 Å². The molecule has 6 nitrogen and oxygen atoms in total. The molecule has 23 heavy (non-hydrogen) atoms. The van der Waals surface area contributed by atoms with E-state index in [1.165, 1.54) is 37.4 Å². The summed E-state index contributed by atoms with van der Waals surface area (Å²) in [6.07, 6.45) is 0. The standard InChI is InChI=1S/C15H14FN3O3S/c1-22-15-5-2-10(6-13(15)16)9-19-14-4-3-12(23(18,20)21)7-11(14)8-17/h2-7,19H,9H2,1H3,(H2,18,20,21). The van der Waals surface area contributed by atoms with E-state index < -0.39 is 15.8 Å². The van der Waals surface area contributed by atoms with Gasteiger partial charge in [-0.3, -0.25) is 0 Å². The van der Waals surface area contributed by atoms with E-state index in [4.69, 9.17) is 15.1 Å². The van der Waals surface area contributed by atoms with E-state index in [1.54, 1.807) is 6.07 Å². The molecule has 0 spiro atoms. The van der Waals surface area contributed by atoms with Crippen LogP contribution in [0.5, 0.6) is 5.75 Å². The van der Waals surface area contributed by atoms with Gasteiger partial charge in [0, 0.05) is 6.54 Å². The lowest BCUT2D eigenvalue weighted by Crippen LogP contribution is -2.12. The number of sulfonamides is 1. The maximum atomic E-state index is 13.6. The van der Waals surface area contributed by atoms with Crippen molar-refractivity contribution in [3.05, 3.63) is 53.3 Å². The van der Waals surface area contributed by atoms with Crippen LogP contribution in [0.15, 0.2) is 41.3 Å². The Kier molecular flexibility index (Phi) is 4.83. The first-order valence-corrected chi connectivity index (χ1v) is 8.03. The summed E-state index contributed by atoms with van der Waals surface area (Å²) in [4.78, 5) is -0.143. The number of hydrogen-bond donors (Lipinski definition) is 2. The van der Waals surface area contributed by atoms with Gasteiger partial charge in [0.25, 0.3) is 0 Å². The van der Waals surface area contributed by atoms with Crippen LogP contribution in [0.4, 0.5) is 10.1 Å². The Balaban J connectivity index is 2.21. The fourth-order valence-corrected chi connectivity index (χ4v) is 2.50. The Morgan fingerprint density at radius 1 is 1.30 bits per heavy atom. The summed E-state index contributed by atoms with van der Waals surface area (Å²) in [5.41, 5.74) is 1.20. The minimum Gasteiger partial charge on any atom is -0.494 e. The summed E-state index contributed by atoms with van der Waals surface area (Å²) >= 11 is 0. The van der Waals surface area contributed by atoms with E-state index in [1.807, 2.05) is 6.07 Å². The lowest BCUT2D eigenvalue weighted by molar-refractivity contribution is 0.386. The van der Waals surface area contributed by atoms with Crippen molar-refractivity contribution in [3.63, 3.8) is 0 Å². The van der Waals surface area contributed by atoms with E-state index in [0.29, 0.717) is 11.3 Å². The second-order valence-corrected chi connectivity index (χ2v) is 6.25. The molecule has 0 radical (unpaired) electrons. The molecule has 0 saturated heterocycles. The molecule has 2 rings (SSSR count). The van der Waals surface area contributed by atoms with Crippen LogP contribution in [0, 0.1) is 17.1 Å². The van der Waals surface area contributed by atoms with Gasteiger partial charge in [-0.05, 0) is 35.9 Å². The molecule has 0 fully saturated rings. The summed E-state index contributed by atoms with van der Waals surface area (Å²) in [5, 5.41) is 17.1. The number of nitrogens with two attached hydrogens (primary N) is 1. The Morgan fingerprint density at radius 3 is 2.61 bits per heavy atom. The van der Waals surface area contributed by atoms with Gasteiger partial charge in [0.2, 0.25) is 10.0 Å². The predicted octanol–water partition coefficient (Wildman–Crippen LogP) is 1.97. The highest BCUT2D eigenvalue weighted by atomic mass is 32.2. The first kappa shape index (κ1) is 16.7. The van der Waals surface area contributed by atoms with E-state index in [9.17, 15) is 12.8 Å². The zero-order valence-electron chi connectivity index (χ0n) is 12.2. The Morgan fingerprint density at radius 2 is 2.04 bits per heavy atom. The molecule has 2 aromatic rings. The summed E-state index contributed by atoms with van der Waals surface area (Å²) in [6, 6.07) is 10.3. The van der Waals surface area contributed by atoms with Crippen LogP contribution in [0.1, 0.15) is 11.1 Å². The molecule has 0 saturated carbocycles. The molecular formula is C15H14FN3O3S. The average Bonchev–Trinajstić information content (AvgIpc) is 2.52. The molecular weight excluding hydrogens is 321 g/mol. The Bertz CT molecular complexity index is 876. The molecule has 0 unspecified atom stereocenters. The van der Waals surface area contributed by atoms with Crippen LogP contribution in [0.2, 0.25) is 0 Å². The molecule has 120 valence electrons. The lowest BCUT2D eigenvalue weighted by atomic mass is 10.1. The van der Waals surface area contributed by atoms with Crippen molar-refractivity contribution in [1.82, 2.24) is 0 Å². The molecule has 0 aliphatic heterocycles. The van der Waals surface area contributed by atoms with Crippen LogP contribution in [-0.2, 0) is 16.6 Å². The van der Waals surface area contributed by atoms with Gasteiger partial charge in [-0.15, -0.1) is 0 Å². The van der Waals surface area contributed by atoms with Gasteiger partial charge in [0.05, 0.1) is 23.3 Å². The largest absolute Gasteiger partial charge is 0.494 e. The summed E-state index contributed by atoms with van der Waals surface area (Å²) < 4.78 is 41.0. The number of primary sulfonamides is 1. The minimum absolute atomic E-state index is 0.130. The topological polar surface area (TPSA) is 105 Å². The smallest absolute Gasteiger partial charge is 0.238 e. The Labute approximate surface area is 133 Å². The van der Waals surface area contributed by atoms with E-state index in [2.05, 4.69) is 5.32 Å². The number of nitrogens with zero attached hydrogens (tertiary/aromatic N) is 1. The number of halogens is 1. The van der Waals surface area contributed by atoms with Gasteiger partial charge in [-0.2, -0.15) is 5.26 Å². The highest BCUT2D eigenvalue weighted by Gasteiger charge is 2.11. The van der Waals surface area contributed by atoms with Crippen molar-refractivity contribution in [1.29, 1.82) is 5.26 Å². The Hall–Kier alpha value is -2.63. The minimum atomic E-state index is -3.87. The van der Waals surface area contributed by atoms with E-state index in [-0.39, 0.29) is 22.8 Å². The van der Waals surface area contributed by atoms with Crippen molar-refractivity contribution in [3.8, 4) is 11.8 Å². The van der Waals surface area contributed by atoms with Gasteiger partial charge >= 0.3 is 0 Å². The van der Waals surface area contributed by atoms with Crippen LogP contribution < -0.4 is 15.2 Å². The van der Waals surface area contributed by atoms with E-state index >= 15 is 0 Å². The van der Waals surface area contributed by atoms with Crippen molar-refractivity contribution in [2.45, 2.75) is 11.4 Å². The van der Waals surface area contributed by atoms with Crippen molar-refractivity contribution >= 4 is 15.7 Å². The van der Waals surface area contributed by atoms with Crippen LogP contribution in [0.25, 0.3) is 0 Å². The fourth-order valence-electron chi connectivity index (χ4n) is 1.96. The third-order valence-electron chi connectivity index (χ3n) is 3.14. The number of rotatable bonds is 5. The summed E-state index contributed by atoms with van der Waals surface area (Å²) in [5.74, 6) is -0.346. The van der Waals surface area contributed by atoms with Gasteiger partial charge in [0.15, 0.2) is 11.6 Å². The first-order chi connectivity index (χ1) is 10.8. The average molecular weight is 335 g/mol. The summed E-state index contributed by atoms with van der Waals surface area (Å²) in [7, 11) is -2.50. The van der Waals surface area contributed by atoms with Crippen LogP contribution >= 0.6 is 0 Å². The zero-order chi connectivity index (χ0) is 17.0. The third-order valence-corrected chi connectivity index (χ3v) is 4.05. The van der Waals surface area contributed by atoms with Crippen molar-refractivity contribution < 1.29 is 17.5 Å². The van der Waals surface area contributed by atoms with Crippen LogP contribution in [-0.4, -0.2) is 15.5 Å². The number of benzene rings is 2. The van der Waals surface area contributed by atoms with Crippen LogP contribution in [0.3, 0.4) is 0 Å².